The highest BCUT2D eigenvalue weighted by Gasteiger charge is 2.09. The zero-order valence-corrected chi connectivity index (χ0v) is 8.31. The minimum Gasteiger partial charge on any atom is -0.508 e. The predicted octanol–water partition coefficient (Wildman–Crippen LogP) is 3.03. The van der Waals surface area contributed by atoms with Gasteiger partial charge in [-0.3, -0.25) is 0 Å². The number of hydrogen-bond donors (Lipinski definition) is 1. The van der Waals surface area contributed by atoms with E-state index < -0.39 is 0 Å². The predicted molar refractivity (Wildman–Crippen MR) is 50.3 cm³/mol. The van der Waals surface area contributed by atoms with Crippen LogP contribution in [0.25, 0.3) is 0 Å². The summed E-state index contributed by atoms with van der Waals surface area (Å²) in [6.07, 6.45) is 0. The second kappa shape index (κ2) is 3.90. The van der Waals surface area contributed by atoms with E-state index in [2.05, 4.69) is 15.9 Å². The summed E-state index contributed by atoms with van der Waals surface area (Å²) in [5, 5.41) is 9.66. The van der Waals surface area contributed by atoms with Gasteiger partial charge in [-0.05, 0) is 17.5 Å². The topological polar surface area (TPSA) is 20.2 Å². The second-order valence-electron chi connectivity index (χ2n) is 2.76. The number of phenols is 1. The van der Waals surface area contributed by atoms with E-state index in [1.54, 1.807) is 6.07 Å². The average Bonchev–Trinajstić information content (AvgIpc) is 2.03. The molecule has 0 saturated carbocycles. The van der Waals surface area contributed by atoms with Gasteiger partial charge in [-0.2, -0.15) is 0 Å². The van der Waals surface area contributed by atoms with Crippen molar-refractivity contribution in [3.8, 4) is 5.75 Å². The first-order chi connectivity index (χ1) is 5.65. The van der Waals surface area contributed by atoms with Gasteiger partial charge >= 0.3 is 0 Å². The quantitative estimate of drug-likeness (QED) is 0.778. The molecular formula is C9H10BrFO. The van der Waals surface area contributed by atoms with Crippen molar-refractivity contribution in [2.45, 2.75) is 12.8 Å². The Morgan fingerprint density at radius 2 is 2.25 bits per heavy atom. The smallest absolute Gasteiger partial charge is 0.130 e. The highest BCUT2D eigenvalue weighted by Crippen LogP contribution is 2.23. The van der Waals surface area contributed by atoms with Crippen molar-refractivity contribution in [1.82, 2.24) is 0 Å². The summed E-state index contributed by atoms with van der Waals surface area (Å²) >= 11 is 3.27. The molecular weight excluding hydrogens is 223 g/mol. The molecule has 0 radical (unpaired) electrons. The van der Waals surface area contributed by atoms with E-state index in [4.69, 9.17) is 5.11 Å². The van der Waals surface area contributed by atoms with E-state index >= 15 is 0 Å². The summed E-state index contributed by atoms with van der Waals surface area (Å²) in [5.74, 6) is -0.245. The molecule has 1 rings (SSSR count). The molecule has 0 bridgehead atoms. The molecule has 12 heavy (non-hydrogen) atoms. The molecule has 1 aromatic carbocycles. The Hall–Kier alpha value is -0.570. The van der Waals surface area contributed by atoms with Gasteiger partial charge < -0.3 is 5.11 Å². The van der Waals surface area contributed by atoms with Crippen molar-refractivity contribution in [3.63, 3.8) is 0 Å². The van der Waals surface area contributed by atoms with Crippen LogP contribution in [0.2, 0.25) is 0 Å². The highest BCUT2D eigenvalue weighted by molar-refractivity contribution is 9.09. The first-order valence-corrected chi connectivity index (χ1v) is 4.81. The van der Waals surface area contributed by atoms with Gasteiger partial charge in [0.25, 0.3) is 0 Å². The van der Waals surface area contributed by atoms with Gasteiger partial charge in [-0.15, -0.1) is 0 Å². The molecule has 0 spiro atoms. The van der Waals surface area contributed by atoms with Crippen LogP contribution < -0.4 is 0 Å². The third-order valence-corrected chi connectivity index (χ3v) is 2.72. The molecule has 0 fully saturated rings. The second-order valence-corrected chi connectivity index (χ2v) is 3.41. The van der Waals surface area contributed by atoms with Gasteiger partial charge in [0.15, 0.2) is 0 Å². The van der Waals surface area contributed by atoms with Crippen LogP contribution in [-0.4, -0.2) is 10.4 Å². The Balaban J connectivity index is 3.01. The van der Waals surface area contributed by atoms with E-state index in [9.17, 15) is 4.39 Å². The van der Waals surface area contributed by atoms with Crippen LogP contribution in [0.1, 0.15) is 18.4 Å². The standard InChI is InChI=1S/C9H10BrFO/c1-6(5-10)8-3-2-7(12)4-9(8)11/h2-4,6,12H,5H2,1H3. The normalized spacial score (nSPS) is 12.9. The van der Waals surface area contributed by atoms with Gasteiger partial charge in [0.1, 0.15) is 11.6 Å². The van der Waals surface area contributed by atoms with Crippen LogP contribution in [-0.2, 0) is 0 Å². The molecule has 0 saturated heterocycles. The van der Waals surface area contributed by atoms with Crippen molar-refractivity contribution in [2.24, 2.45) is 0 Å². The van der Waals surface area contributed by atoms with Crippen molar-refractivity contribution in [2.75, 3.05) is 5.33 Å². The van der Waals surface area contributed by atoms with Gasteiger partial charge in [0.05, 0.1) is 0 Å². The Morgan fingerprint density at radius 1 is 1.58 bits per heavy atom. The van der Waals surface area contributed by atoms with Gasteiger partial charge in [-0.1, -0.05) is 28.9 Å². The SMILES string of the molecule is CC(CBr)c1ccc(O)cc1F. The molecule has 0 amide bonds. The fourth-order valence-electron chi connectivity index (χ4n) is 0.999. The minimum atomic E-state index is -0.345. The lowest BCUT2D eigenvalue weighted by molar-refractivity contribution is 0.467. The van der Waals surface area contributed by atoms with Gasteiger partial charge in [0.2, 0.25) is 0 Å². The van der Waals surface area contributed by atoms with E-state index in [1.165, 1.54) is 6.07 Å². The van der Waals surface area contributed by atoms with Crippen LogP contribution in [0, 0.1) is 5.82 Å². The molecule has 0 aliphatic carbocycles. The molecule has 0 aromatic heterocycles. The molecule has 66 valence electrons. The minimum absolute atomic E-state index is 0.0296. The summed E-state index contributed by atoms with van der Waals surface area (Å²) in [4.78, 5) is 0. The third-order valence-electron chi connectivity index (χ3n) is 1.75. The largest absolute Gasteiger partial charge is 0.508 e. The first-order valence-electron chi connectivity index (χ1n) is 3.69. The Labute approximate surface area is 79.4 Å². The monoisotopic (exact) mass is 232 g/mol. The number of phenolic OH excluding ortho intramolecular Hbond substituents is 1. The zero-order valence-electron chi connectivity index (χ0n) is 6.72. The summed E-state index contributed by atoms with van der Waals surface area (Å²) in [6.45, 7) is 1.92. The van der Waals surface area contributed by atoms with Gasteiger partial charge in [0, 0.05) is 11.4 Å². The number of rotatable bonds is 2. The van der Waals surface area contributed by atoms with Crippen LogP contribution in [0.5, 0.6) is 5.75 Å². The molecule has 0 aliphatic rings. The van der Waals surface area contributed by atoms with Crippen LogP contribution in [0.3, 0.4) is 0 Å². The summed E-state index contributed by atoms with van der Waals surface area (Å²) in [6, 6.07) is 4.24. The maximum Gasteiger partial charge on any atom is 0.130 e. The molecule has 1 unspecified atom stereocenters. The van der Waals surface area contributed by atoms with Crippen LogP contribution >= 0.6 is 15.9 Å². The number of benzene rings is 1. The number of halogens is 2. The van der Waals surface area contributed by atoms with E-state index in [0.717, 1.165) is 6.07 Å². The van der Waals surface area contributed by atoms with E-state index in [-0.39, 0.29) is 17.5 Å². The van der Waals surface area contributed by atoms with Gasteiger partial charge in [-0.25, -0.2) is 4.39 Å². The molecule has 1 aromatic rings. The lowest BCUT2D eigenvalue weighted by atomic mass is 10.0. The van der Waals surface area contributed by atoms with E-state index in [1.807, 2.05) is 6.92 Å². The fourth-order valence-corrected chi connectivity index (χ4v) is 1.35. The maximum absolute atomic E-state index is 13.1. The lowest BCUT2D eigenvalue weighted by Crippen LogP contribution is -1.97. The molecule has 0 heterocycles. The third kappa shape index (κ3) is 1.97. The van der Waals surface area contributed by atoms with Crippen molar-refractivity contribution in [3.05, 3.63) is 29.6 Å². The molecule has 1 nitrogen and oxygen atoms in total. The number of aromatic hydroxyl groups is 1. The molecule has 1 atom stereocenters. The van der Waals surface area contributed by atoms with Crippen LogP contribution in [0.4, 0.5) is 4.39 Å². The number of alkyl halides is 1. The molecule has 1 N–H and O–H groups in total. The van der Waals surface area contributed by atoms with Crippen molar-refractivity contribution < 1.29 is 9.50 Å². The summed E-state index contributed by atoms with van der Waals surface area (Å²) in [5.41, 5.74) is 0.629. The van der Waals surface area contributed by atoms with Crippen molar-refractivity contribution in [1.29, 1.82) is 0 Å². The lowest BCUT2D eigenvalue weighted by Gasteiger charge is -2.08. The van der Waals surface area contributed by atoms with Crippen molar-refractivity contribution >= 4 is 15.9 Å². The Bertz CT molecular complexity index is 275. The fraction of sp³-hybridized carbons (Fsp3) is 0.333. The summed E-state index contributed by atoms with van der Waals surface area (Å²) < 4.78 is 13.1. The zero-order chi connectivity index (χ0) is 9.14. The summed E-state index contributed by atoms with van der Waals surface area (Å²) in [7, 11) is 0. The van der Waals surface area contributed by atoms with Crippen LogP contribution in [0.15, 0.2) is 18.2 Å². The molecule has 3 heteroatoms. The van der Waals surface area contributed by atoms with E-state index in [0.29, 0.717) is 10.9 Å². The Kier molecular flexibility index (Phi) is 3.09. The molecule has 0 aliphatic heterocycles. The maximum atomic E-state index is 13.1. The Morgan fingerprint density at radius 3 is 2.75 bits per heavy atom. The average molecular weight is 233 g/mol. The number of hydrogen-bond acceptors (Lipinski definition) is 1. The highest BCUT2D eigenvalue weighted by atomic mass is 79.9. The first kappa shape index (κ1) is 9.52.